The van der Waals surface area contributed by atoms with Crippen molar-refractivity contribution in [2.24, 2.45) is 17.2 Å². The number of unbranched alkanes of at least 4 members (excludes halogenated alkanes) is 1. The Labute approximate surface area is 78.5 Å². The van der Waals surface area contributed by atoms with E-state index in [1.165, 1.54) is 0 Å². The van der Waals surface area contributed by atoms with Crippen molar-refractivity contribution in [3.8, 4) is 0 Å². The number of carbonyl (C=O) groups is 1. The molecule has 13 heavy (non-hydrogen) atoms. The molecule has 0 spiro atoms. The standard InChI is InChI=1S/C7H13NO.CH5N3/c1-3-4-5-6(2)7(8)9;2-1(3)4/h5H,3-4H2,1-2H3,(H2,8,9);(H5,2,3,4). The molecule has 1 amide bonds. The van der Waals surface area contributed by atoms with Crippen molar-refractivity contribution >= 4 is 11.9 Å². The summed E-state index contributed by atoms with van der Waals surface area (Å²) in [5.41, 5.74) is 14.6. The molecule has 7 N–H and O–H groups in total. The Balaban J connectivity index is 0. The smallest absolute Gasteiger partial charge is 0.244 e. The molecule has 0 fully saturated rings. The van der Waals surface area contributed by atoms with E-state index < -0.39 is 0 Å². The largest absolute Gasteiger partial charge is 0.370 e. The number of guanidine groups is 1. The second-order valence-electron chi connectivity index (χ2n) is 2.50. The summed E-state index contributed by atoms with van der Waals surface area (Å²) in [4.78, 5) is 10.4. The van der Waals surface area contributed by atoms with Crippen molar-refractivity contribution in [3.05, 3.63) is 11.6 Å². The molecule has 0 radical (unpaired) electrons. The molecule has 0 saturated heterocycles. The van der Waals surface area contributed by atoms with Crippen LogP contribution in [0.1, 0.15) is 26.7 Å². The monoisotopic (exact) mass is 186 g/mol. The first-order chi connectivity index (χ1) is 5.91. The number of primary amides is 1. The first kappa shape index (κ1) is 14.0. The molecule has 0 saturated carbocycles. The predicted molar refractivity (Wildman–Crippen MR) is 54.0 cm³/mol. The molecule has 0 aliphatic heterocycles. The lowest BCUT2D eigenvalue weighted by Crippen LogP contribution is -2.20. The predicted octanol–water partition coefficient (Wildman–Crippen LogP) is 0.0567. The van der Waals surface area contributed by atoms with Crippen LogP contribution < -0.4 is 17.2 Å². The van der Waals surface area contributed by atoms with Crippen molar-refractivity contribution in [2.75, 3.05) is 0 Å². The van der Waals surface area contributed by atoms with Crippen LogP contribution in [0.3, 0.4) is 0 Å². The fraction of sp³-hybridized carbons (Fsp3) is 0.500. The second kappa shape index (κ2) is 8.58. The zero-order valence-corrected chi connectivity index (χ0v) is 8.13. The molecule has 0 aromatic carbocycles. The minimum atomic E-state index is -0.333. The van der Waals surface area contributed by atoms with Crippen LogP contribution in [0.4, 0.5) is 0 Å². The van der Waals surface area contributed by atoms with Crippen LogP contribution in [0.2, 0.25) is 0 Å². The molecule has 0 aliphatic carbocycles. The maximum absolute atomic E-state index is 10.4. The van der Waals surface area contributed by atoms with Crippen LogP contribution in [-0.2, 0) is 4.79 Å². The van der Waals surface area contributed by atoms with Gasteiger partial charge in [-0.15, -0.1) is 0 Å². The van der Waals surface area contributed by atoms with Crippen LogP contribution >= 0.6 is 0 Å². The molecule has 0 unspecified atom stereocenters. The van der Waals surface area contributed by atoms with Gasteiger partial charge in [0.1, 0.15) is 0 Å². The summed E-state index contributed by atoms with van der Waals surface area (Å²) >= 11 is 0. The molecule has 5 nitrogen and oxygen atoms in total. The number of hydrogen-bond donors (Lipinski definition) is 4. The Morgan fingerprint density at radius 3 is 2.00 bits per heavy atom. The Kier molecular flexibility index (Phi) is 9.25. The summed E-state index contributed by atoms with van der Waals surface area (Å²) in [6.45, 7) is 3.79. The van der Waals surface area contributed by atoms with Gasteiger partial charge in [-0.25, -0.2) is 0 Å². The highest BCUT2D eigenvalue weighted by molar-refractivity contribution is 5.91. The average molecular weight is 186 g/mol. The van der Waals surface area contributed by atoms with Crippen molar-refractivity contribution in [1.82, 2.24) is 0 Å². The number of allylic oxidation sites excluding steroid dienone is 1. The molecule has 0 aromatic heterocycles. The van der Waals surface area contributed by atoms with Gasteiger partial charge in [-0.05, 0) is 13.3 Å². The van der Waals surface area contributed by atoms with Gasteiger partial charge in [-0.1, -0.05) is 19.4 Å². The third kappa shape index (κ3) is 17.9. The summed E-state index contributed by atoms with van der Waals surface area (Å²) in [6.07, 6.45) is 3.86. The van der Waals surface area contributed by atoms with Gasteiger partial charge in [-0.3, -0.25) is 10.2 Å². The Morgan fingerprint density at radius 2 is 1.77 bits per heavy atom. The molecule has 0 atom stereocenters. The van der Waals surface area contributed by atoms with E-state index in [2.05, 4.69) is 18.4 Å². The normalized spacial score (nSPS) is 9.85. The molecular weight excluding hydrogens is 168 g/mol. The van der Waals surface area contributed by atoms with Gasteiger partial charge in [0.25, 0.3) is 0 Å². The Morgan fingerprint density at radius 1 is 1.38 bits per heavy atom. The van der Waals surface area contributed by atoms with Crippen molar-refractivity contribution in [3.63, 3.8) is 0 Å². The van der Waals surface area contributed by atoms with Gasteiger partial charge in [0.2, 0.25) is 5.91 Å². The van der Waals surface area contributed by atoms with E-state index in [1.54, 1.807) is 6.92 Å². The lowest BCUT2D eigenvalue weighted by atomic mass is 10.2. The zero-order chi connectivity index (χ0) is 10.9. The molecule has 0 bridgehead atoms. The summed E-state index contributed by atoms with van der Waals surface area (Å²) in [6, 6.07) is 0. The molecule has 76 valence electrons. The maximum atomic E-state index is 10.4. The number of carbonyl (C=O) groups excluding carboxylic acids is 1. The summed E-state index contributed by atoms with van der Waals surface area (Å²) in [5, 5.41) is 6.06. The van der Waals surface area contributed by atoms with Crippen molar-refractivity contribution in [2.45, 2.75) is 26.7 Å². The van der Waals surface area contributed by atoms with E-state index in [9.17, 15) is 4.79 Å². The second-order valence-corrected chi connectivity index (χ2v) is 2.50. The van der Waals surface area contributed by atoms with Crippen molar-refractivity contribution in [1.29, 1.82) is 5.41 Å². The van der Waals surface area contributed by atoms with Gasteiger partial charge in [-0.2, -0.15) is 0 Å². The van der Waals surface area contributed by atoms with Gasteiger partial charge < -0.3 is 17.2 Å². The van der Waals surface area contributed by atoms with E-state index in [0.29, 0.717) is 5.57 Å². The number of nitrogens with two attached hydrogens (primary N) is 3. The number of rotatable bonds is 3. The maximum Gasteiger partial charge on any atom is 0.244 e. The quantitative estimate of drug-likeness (QED) is 0.283. The van der Waals surface area contributed by atoms with E-state index in [1.807, 2.05) is 6.08 Å². The number of hydrogen-bond acceptors (Lipinski definition) is 2. The number of nitrogens with one attached hydrogen (secondary N) is 1. The highest BCUT2D eigenvalue weighted by Gasteiger charge is 1.93. The van der Waals surface area contributed by atoms with Gasteiger partial charge in [0.15, 0.2) is 5.96 Å². The third-order valence-corrected chi connectivity index (χ3v) is 1.13. The number of amides is 1. The Hall–Kier alpha value is -1.52. The topological polar surface area (TPSA) is 119 Å². The van der Waals surface area contributed by atoms with Gasteiger partial charge in [0, 0.05) is 5.57 Å². The molecule has 0 rings (SSSR count). The SMILES string of the molecule is CCCC=C(C)C(N)=O.N=C(N)N. The summed E-state index contributed by atoms with van der Waals surface area (Å²) < 4.78 is 0. The van der Waals surface area contributed by atoms with Gasteiger partial charge >= 0.3 is 0 Å². The van der Waals surface area contributed by atoms with E-state index in [0.717, 1.165) is 12.8 Å². The first-order valence-electron chi connectivity index (χ1n) is 3.97. The first-order valence-corrected chi connectivity index (χ1v) is 3.97. The van der Waals surface area contributed by atoms with Crippen molar-refractivity contribution < 1.29 is 4.79 Å². The fourth-order valence-electron chi connectivity index (χ4n) is 0.461. The Bertz CT molecular complexity index is 194. The molecule has 0 aliphatic rings. The van der Waals surface area contributed by atoms with E-state index >= 15 is 0 Å². The molecule has 0 heterocycles. The molecular formula is C8H18N4O. The fourth-order valence-corrected chi connectivity index (χ4v) is 0.461. The highest BCUT2D eigenvalue weighted by atomic mass is 16.1. The highest BCUT2D eigenvalue weighted by Crippen LogP contribution is 1.95. The third-order valence-electron chi connectivity index (χ3n) is 1.13. The zero-order valence-electron chi connectivity index (χ0n) is 8.13. The molecule has 5 heteroatoms. The summed E-state index contributed by atoms with van der Waals surface area (Å²) in [7, 11) is 0. The summed E-state index contributed by atoms with van der Waals surface area (Å²) in [5.74, 6) is -0.650. The van der Waals surface area contributed by atoms with Crippen LogP contribution in [0.5, 0.6) is 0 Å². The van der Waals surface area contributed by atoms with Crippen LogP contribution in [0, 0.1) is 5.41 Å². The van der Waals surface area contributed by atoms with Gasteiger partial charge in [0.05, 0.1) is 0 Å². The molecule has 0 aromatic rings. The van der Waals surface area contributed by atoms with E-state index in [-0.39, 0.29) is 11.9 Å². The minimum Gasteiger partial charge on any atom is -0.370 e. The minimum absolute atomic E-state index is 0.316. The average Bonchev–Trinajstić information content (AvgIpc) is 1.98. The lowest BCUT2D eigenvalue weighted by molar-refractivity contribution is -0.114. The lowest BCUT2D eigenvalue weighted by Gasteiger charge is -1.90. The van der Waals surface area contributed by atoms with E-state index in [4.69, 9.17) is 11.1 Å². The van der Waals surface area contributed by atoms with Crippen LogP contribution in [-0.4, -0.2) is 11.9 Å². The van der Waals surface area contributed by atoms with Crippen LogP contribution in [0.25, 0.3) is 0 Å². The van der Waals surface area contributed by atoms with Crippen LogP contribution in [0.15, 0.2) is 11.6 Å².